The van der Waals surface area contributed by atoms with Crippen LogP contribution in [0.5, 0.6) is 0 Å². The summed E-state index contributed by atoms with van der Waals surface area (Å²) in [6, 6.07) is 31.6. The Bertz CT molecular complexity index is 1250. The molecule has 2 amide bonds. The molecule has 4 rings (SSSR count). The Morgan fingerprint density at radius 1 is 0.778 bits per heavy atom. The second kappa shape index (κ2) is 12.7. The van der Waals surface area contributed by atoms with Gasteiger partial charge in [0.2, 0.25) is 11.8 Å². The topological polar surface area (TPSA) is 62.3 Å². The number of benzene rings is 3. The van der Waals surface area contributed by atoms with E-state index in [0.717, 1.165) is 22.4 Å². The number of halogens is 1. The highest BCUT2D eigenvalue weighted by Crippen LogP contribution is 2.18. The number of hydrogen-bond donors (Lipinski definition) is 1. The van der Waals surface area contributed by atoms with Crippen LogP contribution in [0.15, 0.2) is 109 Å². The van der Waals surface area contributed by atoms with Gasteiger partial charge in [-0.05, 0) is 41.0 Å². The third-order valence-electron chi connectivity index (χ3n) is 5.91. The molecule has 1 atom stereocenters. The van der Waals surface area contributed by atoms with Crippen LogP contribution < -0.4 is 5.32 Å². The third-order valence-corrected chi connectivity index (χ3v) is 6.16. The molecular weight excluding hydrogens is 470 g/mol. The maximum Gasteiger partial charge on any atom is 0.243 e. The molecule has 36 heavy (non-hydrogen) atoms. The zero-order valence-corrected chi connectivity index (χ0v) is 20.6. The average Bonchev–Trinajstić information content (AvgIpc) is 2.92. The zero-order chi connectivity index (χ0) is 25.2. The molecule has 4 aromatic rings. The summed E-state index contributed by atoms with van der Waals surface area (Å²) in [5.41, 5.74) is 3.53. The minimum atomic E-state index is -0.706. The summed E-state index contributed by atoms with van der Waals surface area (Å²) >= 11 is 6.09. The monoisotopic (exact) mass is 497 g/mol. The van der Waals surface area contributed by atoms with Crippen LogP contribution in [0.3, 0.4) is 0 Å². The molecule has 0 aliphatic heterocycles. The highest BCUT2D eigenvalue weighted by Gasteiger charge is 2.30. The van der Waals surface area contributed by atoms with Gasteiger partial charge < -0.3 is 10.2 Å². The van der Waals surface area contributed by atoms with Crippen molar-refractivity contribution in [2.24, 2.45) is 0 Å². The lowest BCUT2D eigenvalue weighted by atomic mass is 10.0. The largest absolute Gasteiger partial charge is 0.349 e. The number of pyridine rings is 1. The molecule has 0 radical (unpaired) electrons. The lowest BCUT2D eigenvalue weighted by Crippen LogP contribution is -2.50. The summed E-state index contributed by atoms with van der Waals surface area (Å²) in [7, 11) is 0. The fourth-order valence-corrected chi connectivity index (χ4v) is 4.14. The van der Waals surface area contributed by atoms with E-state index in [-0.39, 0.29) is 31.3 Å². The number of rotatable bonds is 10. The number of amides is 2. The fraction of sp³-hybridized carbons (Fsp3) is 0.167. The van der Waals surface area contributed by atoms with Gasteiger partial charge in [-0.15, -0.1) is 0 Å². The summed E-state index contributed by atoms with van der Waals surface area (Å²) in [6.45, 7) is 0.573. The van der Waals surface area contributed by atoms with Gasteiger partial charge in [0.05, 0.1) is 18.7 Å². The standard InChI is InChI=1S/C30H28ClN3O2/c31-26-16-14-25(15-17-26)22-34(29(35)20-24-11-5-2-6-12-24)28(19-23-9-3-1-4-10-23)30(36)33-21-27-13-7-8-18-32-27/h1-18,28H,19-22H2,(H,33,36)/t28-/m1/s1. The number of carbonyl (C=O) groups excluding carboxylic acids is 2. The first kappa shape index (κ1) is 25.1. The molecule has 1 aromatic heterocycles. The summed E-state index contributed by atoms with van der Waals surface area (Å²) in [6.07, 6.45) is 2.29. The molecule has 3 aromatic carbocycles. The van der Waals surface area contributed by atoms with Gasteiger partial charge in [0.15, 0.2) is 0 Å². The minimum Gasteiger partial charge on any atom is -0.349 e. The number of hydrogen-bond acceptors (Lipinski definition) is 3. The van der Waals surface area contributed by atoms with E-state index in [4.69, 9.17) is 11.6 Å². The molecule has 1 heterocycles. The Balaban J connectivity index is 1.63. The van der Waals surface area contributed by atoms with E-state index in [0.29, 0.717) is 11.4 Å². The molecule has 0 aliphatic rings. The van der Waals surface area contributed by atoms with E-state index in [9.17, 15) is 9.59 Å². The highest BCUT2D eigenvalue weighted by molar-refractivity contribution is 6.30. The average molecular weight is 498 g/mol. The summed E-state index contributed by atoms with van der Waals surface area (Å²) in [5.74, 6) is -0.343. The normalized spacial score (nSPS) is 11.5. The minimum absolute atomic E-state index is 0.120. The van der Waals surface area contributed by atoms with Crippen molar-refractivity contribution in [3.63, 3.8) is 0 Å². The maximum absolute atomic E-state index is 13.7. The first-order valence-corrected chi connectivity index (χ1v) is 12.3. The molecule has 1 N–H and O–H groups in total. The van der Waals surface area contributed by atoms with Crippen LogP contribution in [0.4, 0.5) is 0 Å². The fourth-order valence-electron chi connectivity index (χ4n) is 4.01. The molecule has 0 bridgehead atoms. The second-order valence-corrected chi connectivity index (χ2v) is 8.99. The van der Waals surface area contributed by atoms with Gasteiger partial charge >= 0.3 is 0 Å². The van der Waals surface area contributed by atoms with Crippen LogP contribution in [0, 0.1) is 0 Å². The Morgan fingerprint density at radius 2 is 1.42 bits per heavy atom. The molecule has 0 saturated carbocycles. The lowest BCUT2D eigenvalue weighted by Gasteiger charge is -2.31. The smallest absolute Gasteiger partial charge is 0.243 e. The van der Waals surface area contributed by atoms with E-state index in [1.54, 1.807) is 23.2 Å². The van der Waals surface area contributed by atoms with Gasteiger partial charge in [0, 0.05) is 24.2 Å². The highest BCUT2D eigenvalue weighted by atomic mass is 35.5. The van der Waals surface area contributed by atoms with E-state index < -0.39 is 6.04 Å². The molecular formula is C30H28ClN3O2. The predicted molar refractivity (Wildman–Crippen MR) is 142 cm³/mol. The summed E-state index contributed by atoms with van der Waals surface area (Å²) in [5, 5.41) is 3.62. The quantitative estimate of drug-likeness (QED) is 0.326. The van der Waals surface area contributed by atoms with Crippen LogP contribution in [0.1, 0.15) is 22.4 Å². The van der Waals surface area contributed by atoms with Crippen LogP contribution in [0.25, 0.3) is 0 Å². The van der Waals surface area contributed by atoms with Gasteiger partial charge in [0.25, 0.3) is 0 Å². The molecule has 182 valence electrons. The second-order valence-electron chi connectivity index (χ2n) is 8.55. The Kier molecular flexibility index (Phi) is 8.84. The number of aromatic nitrogens is 1. The molecule has 0 spiro atoms. The van der Waals surface area contributed by atoms with Gasteiger partial charge in [-0.3, -0.25) is 14.6 Å². The van der Waals surface area contributed by atoms with Gasteiger partial charge in [-0.25, -0.2) is 0 Å². The van der Waals surface area contributed by atoms with Crippen molar-refractivity contribution < 1.29 is 9.59 Å². The van der Waals surface area contributed by atoms with E-state index >= 15 is 0 Å². The Morgan fingerprint density at radius 3 is 2.06 bits per heavy atom. The van der Waals surface area contributed by atoms with E-state index in [2.05, 4.69) is 10.3 Å². The van der Waals surface area contributed by atoms with Gasteiger partial charge in [-0.1, -0.05) is 90.5 Å². The molecule has 6 heteroatoms. The summed E-state index contributed by atoms with van der Waals surface area (Å²) < 4.78 is 0. The van der Waals surface area contributed by atoms with Crippen LogP contribution in [-0.2, 0) is 35.5 Å². The van der Waals surface area contributed by atoms with Crippen LogP contribution >= 0.6 is 11.6 Å². The number of carbonyl (C=O) groups is 2. The van der Waals surface area contributed by atoms with Crippen molar-refractivity contribution in [1.82, 2.24) is 15.2 Å². The first-order valence-electron chi connectivity index (χ1n) is 11.9. The van der Waals surface area contributed by atoms with Gasteiger partial charge in [-0.2, -0.15) is 0 Å². The third kappa shape index (κ3) is 7.27. The van der Waals surface area contributed by atoms with Crippen molar-refractivity contribution in [3.05, 3.63) is 137 Å². The molecule has 0 unspecified atom stereocenters. The maximum atomic E-state index is 13.7. The summed E-state index contributed by atoms with van der Waals surface area (Å²) in [4.78, 5) is 33.3. The van der Waals surface area contributed by atoms with Crippen LogP contribution in [-0.4, -0.2) is 27.7 Å². The van der Waals surface area contributed by atoms with E-state index in [1.807, 2.05) is 91.0 Å². The van der Waals surface area contributed by atoms with Crippen LogP contribution in [0.2, 0.25) is 5.02 Å². The predicted octanol–water partition coefficient (Wildman–Crippen LogP) is 5.23. The van der Waals surface area contributed by atoms with Crippen molar-refractivity contribution in [3.8, 4) is 0 Å². The molecule has 0 fully saturated rings. The van der Waals surface area contributed by atoms with E-state index in [1.165, 1.54) is 0 Å². The molecule has 0 saturated heterocycles. The lowest BCUT2D eigenvalue weighted by molar-refractivity contribution is -0.140. The van der Waals surface area contributed by atoms with Crippen molar-refractivity contribution in [1.29, 1.82) is 0 Å². The van der Waals surface area contributed by atoms with Gasteiger partial charge in [0.1, 0.15) is 6.04 Å². The zero-order valence-electron chi connectivity index (χ0n) is 19.9. The number of nitrogens with zero attached hydrogens (tertiary/aromatic N) is 2. The van der Waals surface area contributed by atoms with Crippen molar-refractivity contribution in [2.75, 3.05) is 0 Å². The molecule has 0 aliphatic carbocycles. The van der Waals surface area contributed by atoms with Crippen molar-refractivity contribution >= 4 is 23.4 Å². The Hall–Kier alpha value is -3.96. The van der Waals surface area contributed by atoms with Crippen molar-refractivity contribution in [2.45, 2.75) is 32.0 Å². The SMILES string of the molecule is O=C(NCc1ccccn1)[C@@H](Cc1ccccc1)N(Cc1ccc(Cl)cc1)C(=O)Cc1ccccc1. The molecule has 5 nitrogen and oxygen atoms in total. The Labute approximate surface area is 216 Å². The first-order chi connectivity index (χ1) is 17.6. The number of nitrogens with one attached hydrogen (secondary N) is 1.